The first-order chi connectivity index (χ1) is 16.6. The fourth-order valence-corrected chi connectivity index (χ4v) is 4.81. The van der Waals surface area contributed by atoms with E-state index < -0.39 is 23.7 Å². The molecular weight excluding hydrogens is 479 g/mol. The van der Waals surface area contributed by atoms with Crippen LogP contribution in [0.25, 0.3) is 16.7 Å². The van der Waals surface area contributed by atoms with E-state index in [2.05, 4.69) is 20.3 Å². The fraction of sp³-hybridized carbons (Fsp3) is 0.320. The van der Waals surface area contributed by atoms with Crippen LogP contribution in [0.2, 0.25) is 5.02 Å². The third-order valence-electron chi connectivity index (χ3n) is 6.33. The van der Waals surface area contributed by atoms with E-state index in [-0.39, 0.29) is 11.3 Å². The molecule has 35 heavy (non-hydrogen) atoms. The fourth-order valence-electron chi connectivity index (χ4n) is 4.65. The molecule has 10 heteroatoms. The number of alkyl halides is 3. The van der Waals surface area contributed by atoms with Gasteiger partial charge in [-0.2, -0.15) is 13.2 Å². The Labute approximate surface area is 204 Å². The maximum atomic E-state index is 14.1. The highest BCUT2D eigenvalue weighted by Crippen LogP contribution is 2.37. The molecule has 2 aromatic heterocycles. The first-order valence-electron chi connectivity index (χ1n) is 11.4. The van der Waals surface area contributed by atoms with Crippen molar-refractivity contribution in [3.05, 3.63) is 75.6 Å². The number of benzene rings is 2. The van der Waals surface area contributed by atoms with Crippen LogP contribution >= 0.6 is 11.6 Å². The Morgan fingerprint density at radius 3 is 2.69 bits per heavy atom. The Kier molecular flexibility index (Phi) is 5.83. The molecule has 4 aromatic rings. The highest BCUT2D eigenvalue weighted by atomic mass is 35.5. The van der Waals surface area contributed by atoms with E-state index in [4.69, 9.17) is 11.6 Å². The van der Waals surface area contributed by atoms with Crippen LogP contribution in [0.5, 0.6) is 0 Å². The molecule has 1 atom stereocenters. The highest BCUT2D eigenvalue weighted by Gasteiger charge is 2.36. The predicted octanol–water partition coefficient (Wildman–Crippen LogP) is 6.10. The summed E-state index contributed by atoms with van der Waals surface area (Å²) in [6, 6.07) is 8.30. The Morgan fingerprint density at radius 2 is 1.91 bits per heavy atom. The molecule has 1 amide bonds. The molecule has 182 valence electrons. The van der Waals surface area contributed by atoms with Gasteiger partial charge in [-0.05, 0) is 75.9 Å². The Bertz CT molecular complexity index is 1440. The third kappa shape index (κ3) is 4.40. The van der Waals surface area contributed by atoms with Gasteiger partial charge in [0.15, 0.2) is 0 Å². The summed E-state index contributed by atoms with van der Waals surface area (Å²) in [6.45, 7) is 3.42. The van der Waals surface area contributed by atoms with Crippen molar-refractivity contribution in [3.63, 3.8) is 0 Å². The summed E-state index contributed by atoms with van der Waals surface area (Å²) in [5.41, 5.74) is 2.08. The van der Waals surface area contributed by atoms with Crippen LogP contribution in [-0.4, -0.2) is 25.4 Å². The van der Waals surface area contributed by atoms with Crippen LogP contribution in [0.1, 0.15) is 64.8 Å². The van der Waals surface area contributed by atoms with Crippen LogP contribution in [0, 0.1) is 6.92 Å². The second-order valence-electron chi connectivity index (χ2n) is 8.80. The Balaban J connectivity index is 1.46. The van der Waals surface area contributed by atoms with Crippen LogP contribution in [0.15, 0.2) is 36.4 Å². The number of aryl methyl sites for hydroxylation is 2. The van der Waals surface area contributed by atoms with Crippen LogP contribution in [0.4, 0.5) is 13.2 Å². The molecule has 0 unspecified atom stereocenters. The minimum absolute atomic E-state index is 0.00980. The van der Waals surface area contributed by atoms with Gasteiger partial charge >= 0.3 is 6.18 Å². The number of fused-ring (bicyclic) bond motifs is 2. The molecule has 0 radical (unpaired) electrons. The Hall–Kier alpha value is -3.33. The van der Waals surface area contributed by atoms with E-state index >= 15 is 0 Å². The number of amides is 1. The lowest BCUT2D eigenvalue weighted by Gasteiger charge is -2.20. The summed E-state index contributed by atoms with van der Waals surface area (Å²) in [7, 11) is 0. The lowest BCUT2D eigenvalue weighted by atomic mass is 10.0. The standard InChI is InChI=1S/C25H23ClF3N5O/c1-13(23-32-18-9-8-16(26)12-20(18)33-23)30-24(35)15-7-10-21(17(11-15)25(27,28)29)34-14(2)31-19-5-3-4-6-22(19)34/h7-13H,3-6H2,1-2H3,(H,30,35)(H,32,33)/t13-/m0/s1. The molecule has 0 saturated carbocycles. The molecule has 0 fully saturated rings. The van der Waals surface area contributed by atoms with Crippen molar-refractivity contribution in [1.29, 1.82) is 0 Å². The maximum Gasteiger partial charge on any atom is 0.418 e. The average Bonchev–Trinajstić information content (AvgIpc) is 3.37. The lowest BCUT2D eigenvalue weighted by molar-refractivity contribution is -0.137. The summed E-state index contributed by atoms with van der Waals surface area (Å²) in [4.78, 5) is 24.9. The summed E-state index contributed by atoms with van der Waals surface area (Å²) >= 11 is 6.00. The number of imidazole rings is 2. The van der Waals surface area contributed by atoms with Crippen molar-refractivity contribution in [1.82, 2.24) is 24.8 Å². The van der Waals surface area contributed by atoms with Gasteiger partial charge in [0.1, 0.15) is 11.6 Å². The summed E-state index contributed by atoms with van der Waals surface area (Å²) < 4.78 is 44.0. The normalized spacial score (nSPS) is 14.7. The van der Waals surface area contributed by atoms with Gasteiger partial charge in [0.2, 0.25) is 0 Å². The molecule has 0 spiro atoms. The largest absolute Gasteiger partial charge is 0.418 e. The molecule has 2 aromatic carbocycles. The number of aromatic amines is 1. The zero-order chi connectivity index (χ0) is 24.9. The summed E-state index contributed by atoms with van der Waals surface area (Å²) in [5, 5.41) is 3.26. The molecule has 0 saturated heterocycles. The molecule has 1 aliphatic rings. The zero-order valence-electron chi connectivity index (χ0n) is 19.1. The topological polar surface area (TPSA) is 75.6 Å². The molecule has 2 heterocycles. The Morgan fingerprint density at radius 1 is 1.14 bits per heavy atom. The van der Waals surface area contributed by atoms with E-state index in [1.165, 1.54) is 12.1 Å². The number of rotatable bonds is 4. The second kappa shape index (κ2) is 8.71. The van der Waals surface area contributed by atoms with Crippen molar-refractivity contribution in [3.8, 4) is 5.69 Å². The average molecular weight is 502 g/mol. The monoisotopic (exact) mass is 501 g/mol. The second-order valence-corrected chi connectivity index (χ2v) is 9.24. The molecule has 0 aliphatic heterocycles. The van der Waals surface area contributed by atoms with Gasteiger partial charge in [-0.3, -0.25) is 4.79 Å². The van der Waals surface area contributed by atoms with Gasteiger partial charge in [-0.1, -0.05) is 11.6 Å². The number of hydrogen-bond donors (Lipinski definition) is 2. The van der Waals surface area contributed by atoms with Crippen LogP contribution in [0.3, 0.4) is 0 Å². The van der Waals surface area contributed by atoms with Crippen LogP contribution in [-0.2, 0) is 19.0 Å². The number of H-pyrrole nitrogens is 1. The van der Waals surface area contributed by atoms with Crippen molar-refractivity contribution in [2.24, 2.45) is 0 Å². The van der Waals surface area contributed by atoms with Crippen molar-refractivity contribution < 1.29 is 18.0 Å². The van der Waals surface area contributed by atoms with Crippen molar-refractivity contribution in [2.45, 2.75) is 51.7 Å². The minimum atomic E-state index is -4.65. The number of hydrogen-bond acceptors (Lipinski definition) is 3. The summed E-state index contributed by atoms with van der Waals surface area (Å²) in [6.07, 6.45) is -1.32. The molecule has 1 aliphatic carbocycles. The van der Waals surface area contributed by atoms with E-state index in [9.17, 15) is 18.0 Å². The van der Waals surface area contributed by atoms with Crippen molar-refractivity contribution >= 4 is 28.5 Å². The van der Waals surface area contributed by atoms with E-state index in [1.54, 1.807) is 36.6 Å². The van der Waals surface area contributed by atoms with Gasteiger partial charge in [0.05, 0.1) is 34.0 Å². The first-order valence-corrected chi connectivity index (χ1v) is 11.7. The lowest BCUT2D eigenvalue weighted by Crippen LogP contribution is -2.28. The van der Waals surface area contributed by atoms with Crippen molar-refractivity contribution in [2.75, 3.05) is 0 Å². The minimum Gasteiger partial charge on any atom is -0.342 e. The highest BCUT2D eigenvalue weighted by molar-refractivity contribution is 6.31. The quantitative estimate of drug-likeness (QED) is 0.355. The SMILES string of the molecule is Cc1nc2c(n1-c1ccc(C(=O)N[C@@H](C)c3nc4cc(Cl)ccc4[nH]3)cc1C(F)(F)F)CCCC2. The molecule has 2 N–H and O–H groups in total. The first kappa shape index (κ1) is 23.4. The van der Waals surface area contributed by atoms with Gasteiger partial charge in [0.25, 0.3) is 5.91 Å². The van der Waals surface area contributed by atoms with Gasteiger partial charge in [-0.15, -0.1) is 0 Å². The van der Waals surface area contributed by atoms with E-state index in [0.29, 0.717) is 28.6 Å². The zero-order valence-corrected chi connectivity index (χ0v) is 19.9. The smallest absolute Gasteiger partial charge is 0.342 e. The predicted molar refractivity (Wildman–Crippen MR) is 127 cm³/mol. The number of nitrogens with zero attached hydrogens (tertiary/aromatic N) is 3. The summed E-state index contributed by atoms with van der Waals surface area (Å²) in [5.74, 6) is 0.361. The number of halogens is 4. The van der Waals surface area contributed by atoms with Gasteiger partial charge in [0, 0.05) is 16.3 Å². The van der Waals surface area contributed by atoms with E-state index in [0.717, 1.165) is 42.2 Å². The molecule has 5 rings (SSSR count). The number of carbonyl (C=O) groups is 1. The van der Waals surface area contributed by atoms with Gasteiger partial charge < -0.3 is 14.9 Å². The molecule has 6 nitrogen and oxygen atoms in total. The molecular formula is C25H23ClF3N5O. The number of aromatic nitrogens is 4. The number of nitrogens with one attached hydrogen (secondary N) is 2. The maximum absolute atomic E-state index is 14.1. The van der Waals surface area contributed by atoms with Crippen LogP contribution < -0.4 is 5.32 Å². The molecule has 0 bridgehead atoms. The van der Waals surface area contributed by atoms with Gasteiger partial charge in [-0.25, -0.2) is 9.97 Å². The van der Waals surface area contributed by atoms with E-state index in [1.807, 2.05) is 0 Å². The number of carbonyl (C=O) groups excluding carboxylic acids is 1. The third-order valence-corrected chi connectivity index (χ3v) is 6.56.